The first-order valence-corrected chi connectivity index (χ1v) is 5.15. The fraction of sp³-hybridized carbons (Fsp3) is 0.385. The van der Waals surface area contributed by atoms with E-state index in [4.69, 9.17) is 0 Å². The molecule has 1 aromatic carbocycles. The first kappa shape index (κ1) is 9.32. The van der Waals surface area contributed by atoms with Crippen molar-refractivity contribution < 1.29 is 0 Å². The molecule has 1 unspecified atom stereocenters. The van der Waals surface area contributed by atoms with E-state index in [0.717, 1.165) is 6.42 Å². The van der Waals surface area contributed by atoms with Gasteiger partial charge in [0.25, 0.3) is 0 Å². The number of nitrogens with zero attached hydrogens (tertiary/aromatic N) is 1. The van der Waals surface area contributed by atoms with Crippen molar-refractivity contribution >= 4 is 0 Å². The van der Waals surface area contributed by atoms with E-state index in [1.807, 2.05) is 0 Å². The summed E-state index contributed by atoms with van der Waals surface area (Å²) in [6.07, 6.45) is 2.34. The molecule has 2 rings (SSSR count). The van der Waals surface area contributed by atoms with Crippen molar-refractivity contribution in [2.24, 2.45) is 0 Å². The molecule has 0 N–H and O–H groups in total. The van der Waals surface area contributed by atoms with Gasteiger partial charge >= 0.3 is 0 Å². The van der Waals surface area contributed by atoms with E-state index in [2.05, 4.69) is 49.7 Å². The van der Waals surface area contributed by atoms with E-state index in [0.29, 0.717) is 6.04 Å². The largest absolute Gasteiger partial charge is 0.371 e. The zero-order valence-corrected chi connectivity index (χ0v) is 8.96. The van der Waals surface area contributed by atoms with Crippen LogP contribution in [0.15, 0.2) is 36.5 Å². The molecule has 0 aromatic heterocycles. The van der Waals surface area contributed by atoms with Gasteiger partial charge in [0.15, 0.2) is 0 Å². The predicted molar refractivity (Wildman–Crippen MR) is 60.1 cm³/mol. The molecular weight excluding hydrogens is 170 g/mol. The molecule has 1 heterocycles. The third kappa shape index (κ3) is 1.54. The Hall–Kier alpha value is -1.24. The van der Waals surface area contributed by atoms with Gasteiger partial charge in [-0.3, -0.25) is 0 Å². The maximum absolute atomic E-state index is 4.05. The maximum Gasteiger partial charge on any atom is 0.0539 e. The first-order chi connectivity index (χ1) is 6.68. The molecule has 0 spiro atoms. The number of hydrogen-bond acceptors (Lipinski definition) is 1. The SMILES string of the molecule is C=C1CCC(c2ccc(C)cc2)N1C. The highest BCUT2D eigenvalue weighted by atomic mass is 15.2. The standard InChI is InChI=1S/C13H17N/c1-10-4-7-12(8-5-10)13-9-6-11(2)14(13)3/h4-5,7-8,13H,2,6,9H2,1,3H3. The molecule has 0 saturated carbocycles. The summed E-state index contributed by atoms with van der Waals surface area (Å²) in [4.78, 5) is 2.30. The van der Waals surface area contributed by atoms with Gasteiger partial charge in [-0.05, 0) is 25.3 Å². The number of allylic oxidation sites excluding steroid dienone is 1. The maximum atomic E-state index is 4.05. The van der Waals surface area contributed by atoms with Gasteiger partial charge in [-0.1, -0.05) is 36.4 Å². The Morgan fingerprint density at radius 1 is 1.29 bits per heavy atom. The zero-order valence-electron chi connectivity index (χ0n) is 8.96. The monoisotopic (exact) mass is 187 g/mol. The van der Waals surface area contributed by atoms with Crippen LogP contribution in [0.3, 0.4) is 0 Å². The Kier molecular flexibility index (Phi) is 2.32. The Morgan fingerprint density at radius 3 is 2.43 bits per heavy atom. The van der Waals surface area contributed by atoms with Gasteiger partial charge in [0, 0.05) is 12.7 Å². The fourth-order valence-corrected chi connectivity index (χ4v) is 2.07. The summed E-state index contributed by atoms with van der Waals surface area (Å²) in [5.74, 6) is 0. The molecule has 0 bridgehead atoms. The zero-order chi connectivity index (χ0) is 10.1. The van der Waals surface area contributed by atoms with Crippen LogP contribution < -0.4 is 0 Å². The Labute approximate surface area is 86.1 Å². The molecule has 1 fully saturated rings. The van der Waals surface area contributed by atoms with E-state index >= 15 is 0 Å². The van der Waals surface area contributed by atoms with Gasteiger partial charge in [-0.2, -0.15) is 0 Å². The summed E-state index contributed by atoms with van der Waals surface area (Å²) in [5, 5.41) is 0. The lowest BCUT2D eigenvalue weighted by molar-refractivity contribution is 0.362. The van der Waals surface area contributed by atoms with E-state index < -0.39 is 0 Å². The smallest absolute Gasteiger partial charge is 0.0539 e. The Morgan fingerprint density at radius 2 is 1.93 bits per heavy atom. The van der Waals surface area contributed by atoms with Crippen LogP contribution in [0.1, 0.15) is 30.0 Å². The minimum atomic E-state index is 0.545. The Balaban J connectivity index is 2.23. The number of likely N-dealkylation sites (tertiary alicyclic amines) is 1. The average molecular weight is 187 g/mol. The third-order valence-electron chi connectivity index (χ3n) is 3.13. The lowest BCUT2D eigenvalue weighted by atomic mass is 10.0. The molecule has 0 radical (unpaired) electrons. The van der Waals surface area contributed by atoms with E-state index in [1.54, 1.807) is 0 Å². The molecule has 0 aliphatic carbocycles. The highest BCUT2D eigenvalue weighted by Gasteiger charge is 2.24. The third-order valence-corrected chi connectivity index (χ3v) is 3.13. The van der Waals surface area contributed by atoms with E-state index in [-0.39, 0.29) is 0 Å². The van der Waals surface area contributed by atoms with Crippen LogP contribution in [0.2, 0.25) is 0 Å². The lowest BCUT2D eigenvalue weighted by Gasteiger charge is -2.22. The molecular formula is C13H17N. The second-order valence-corrected chi connectivity index (χ2v) is 4.14. The molecule has 0 amide bonds. The van der Waals surface area contributed by atoms with E-state index in [9.17, 15) is 0 Å². The van der Waals surface area contributed by atoms with Gasteiger partial charge in [0.2, 0.25) is 0 Å². The van der Waals surface area contributed by atoms with Crippen molar-refractivity contribution in [1.82, 2.24) is 4.90 Å². The summed E-state index contributed by atoms with van der Waals surface area (Å²) in [6.45, 7) is 6.18. The normalized spacial score (nSPS) is 21.7. The number of aryl methyl sites for hydroxylation is 1. The van der Waals surface area contributed by atoms with Crippen LogP contribution in [0.25, 0.3) is 0 Å². The Bertz CT molecular complexity index is 337. The quantitative estimate of drug-likeness (QED) is 0.652. The topological polar surface area (TPSA) is 3.24 Å². The van der Waals surface area contributed by atoms with Crippen molar-refractivity contribution in [2.45, 2.75) is 25.8 Å². The van der Waals surface area contributed by atoms with Crippen molar-refractivity contribution in [3.05, 3.63) is 47.7 Å². The molecule has 1 heteroatoms. The minimum absolute atomic E-state index is 0.545. The van der Waals surface area contributed by atoms with Crippen LogP contribution in [0, 0.1) is 6.92 Å². The van der Waals surface area contributed by atoms with Gasteiger partial charge in [0.1, 0.15) is 0 Å². The van der Waals surface area contributed by atoms with Crippen LogP contribution in [-0.4, -0.2) is 11.9 Å². The molecule has 1 aliphatic rings. The van der Waals surface area contributed by atoms with E-state index in [1.165, 1.54) is 23.2 Å². The summed E-state index contributed by atoms with van der Waals surface area (Å²) >= 11 is 0. The minimum Gasteiger partial charge on any atom is -0.371 e. The van der Waals surface area contributed by atoms with Crippen molar-refractivity contribution in [3.8, 4) is 0 Å². The summed E-state index contributed by atoms with van der Waals surface area (Å²) < 4.78 is 0. The molecule has 1 nitrogen and oxygen atoms in total. The number of benzene rings is 1. The highest BCUT2D eigenvalue weighted by Crippen LogP contribution is 2.35. The predicted octanol–water partition coefficient (Wildman–Crippen LogP) is 3.28. The second kappa shape index (κ2) is 3.49. The molecule has 1 aliphatic heterocycles. The molecule has 1 atom stereocenters. The number of hydrogen-bond donors (Lipinski definition) is 0. The summed E-state index contributed by atoms with van der Waals surface area (Å²) in [6, 6.07) is 9.38. The molecule has 14 heavy (non-hydrogen) atoms. The second-order valence-electron chi connectivity index (χ2n) is 4.14. The van der Waals surface area contributed by atoms with Gasteiger partial charge in [0.05, 0.1) is 6.04 Å². The first-order valence-electron chi connectivity index (χ1n) is 5.15. The molecule has 74 valence electrons. The lowest BCUT2D eigenvalue weighted by Crippen LogP contribution is -2.15. The molecule has 1 saturated heterocycles. The summed E-state index contributed by atoms with van der Waals surface area (Å²) in [5.41, 5.74) is 4.00. The average Bonchev–Trinajstić information content (AvgIpc) is 2.50. The summed E-state index contributed by atoms with van der Waals surface area (Å²) in [7, 11) is 2.14. The van der Waals surface area contributed by atoms with Crippen LogP contribution in [0.5, 0.6) is 0 Å². The van der Waals surface area contributed by atoms with Gasteiger partial charge < -0.3 is 4.90 Å². The van der Waals surface area contributed by atoms with Crippen molar-refractivity contribution in [3.63, 3.8) is 0 Å². The van der Waals surface area contributed by atoms with Gasteiger partial charge in [-0.15, -0.1) is 0 Å². The highest BCUT2D eigenvalue weighted by molar-refractivity contribution is 5.26. The number of rotatable bonds is 1. The van der Waals surface area contributed by atoms with Crippen LogP contribution >= 0.6 is 0 Å². The van der Waals surface area contributed by atoms with Crippen molar-refractivity contribution in [1.29, 1.82) is 0 Å². The van der Waals surface area contributed by atoms with Gasteiger partial charge in [-0.25, -0.2) is 0 Å². The van der Waals surface area contributed by atoms with Crippen LogP contribution in [-0.2, 0) is 0 Å². The van der Waals surface area contributed by atoms with Crippen LogP contribution in [0.4, 0.5) is 0 Å². The molecule has 1 aromatic rings. The fourth-order valence-electron chi connectivity index (χ4n) is 2.07. The van der Waals surface area contributed by atoms with Crippen molar-refractivity contribution in [2.75, 3.05) is 7.05 Å².